The Labute approximate surface area is 91.1 Å². The molecule has 0 radical (unpaired) electrons. The molecule has 0 aliphatic heterocycles. The van der Waals surface area contributed by atoms with E-state index in [1.165, 1.54) is 5.56 Å². The molecule has 0 spiro atoms. The maximum atomic E-state index is 9.79. The van der Waals surface area contributed by atoms with Crippen LogP contribution in [0.4, 0.5) is 0 Å². The van der Waals surface area contributed by atoms with Crippen LogP contribution in [0.15, 0.2) is 6.07 Å². The molecule has 0 unspecified atom stereocenters. The monoisotopic (exact) mass is 209 g/mol. The minimum Gasteiger partial charge on any atom is -0.504 e. The van der Waals surface area contributed by atoms with Crippen LogP contribution < -0.4 is 10.1 Å². The summed E-state index contributed by atoms with van der Waals surface area (Å²) in [7, 11) is 3.51. The van der Waals surface area contributed by atoms with Crippen molar-refractivity contribution in [2.24, 2.45) is 0 Å². The van der Waals surface area contributed by atoms with Crippen molar-refractivity contribution in [2.45, 2.75) is 20.3 Å². The van der Waals surface area contributed by atoms with Gasteiger partial charge in [0.1, 0.15) is 0 Å². The predicted octanol–water partition coefficient (Wildman–Crippen LogP) is 1.78. The van der Waals surface area contributed by atoms with E-state index in [1.54, 1.807) is 7.11 Å². The van der Waals surface area contributed by atoms with E-state index in [4.69, 9.17) is 4.74 Å². The molecule has 3 heteroatoms. The molecule has 1 aromatic carbocycles. The van der Waals surface area contributed by atoms with Crippen LogP contribution in [0.1, 0.15) is 16.7 Å². The van der Waals surface area contributed by atoms with Crippen LogP contribution in [0, 0.1) is 13.8 Å². The van der Waals surface area contributed by atoms with Gasteiger partial charge in [0.05, 0.1) is 7.11 Å². The second kappa shape index (κ2) is 5.03. The summed E-state index contributed by atoms with van der Waals surface area (Å²) in [4.78, 5) is 0. The minimum atomic E-state index is 0.253. The van der Waals surface area contributed by atoms with Crippen LogP contribution in [0.3, 0.4) is 0 Å². The third-order valence-electron chi connectivity index (χ3n) is 2.80. The van der Waals surface area contributed by atoms with Gasteiger partial charge in [-0.3, -0.25) is 0 Å². The molecule has 0 saturated carbocycles. The number of nitrogens with one attached hydrogen (secondary N) is 1. The third-order valence-corrected chi connectivity index (χ3v) is 2.80. The van der Waals surface area contributed by atoms with E-state index in [1.807, 2.05) is 27.0 Å². The summed E-state index contributed by atoms with van der Waals surface area (Å²) < 4.78 is 5.13. The average molecular weight is 209 g/mol. The molecule has 0 aliphatic rings. The summed E-state index contributed by atoms with van der Waals surface area (Å²) in [5.41, 5.74) is 3.26. The van der Waals surface area contributed by atoms with E-state index >= 15 is 0 Å². The zero-order chi connectivity index (χ0) is 11.4. The lowest BCUT2D eigenvalue weighted by atomic mass is 9.99. The van der Waals surface area contributed by atoms with Crippen molar-refractivity contribution in [1.82, 2.24) is 5.32 Å². The molecule has 0 fully saturated rings. The molecular weight excluding hydrogens is 190 g/mol. The molecule has 0 bridgehead atoms. The number of rotatable bonds is 4. The zero-order valence-corrected chi connectivity index (χ0v) is 9.85. The molecule has 0 amide bonds. The van der Waals surface area contributed by atoms with E-state index in [0.29, 0.717) is 5.75 Å². The quantitative estimate of drug-likeness (QED) is 0.794. The number of likely N-dealkylation sites (N-methyl/N-ethyl adjacent to an activating group) is 1. The van der Waals surface area contributed by atoms with Gasteiger partial charge in [-0.05, 0) is 56.6 Å². The Bertz CT molecular complexity index is 348. The topological polar surface area (TPSA) is 41.5 Å². The maximum Gasteiger partial charge on any atom is 0.161 e. The molecule has 3 nitrogen and oxygen atoms in total. The normalized spacial score (nSPS) is 10.4. The van der Waals surface area contributed by atoms with Gasteiger partial charge in [-0.25, -0.2) is 0 Å². The number of ether oxygens (including phenoxy) is 1. The van der Waals surface area contributed by atoms with E-state index in [-0.39, 0.29) is 5.75 Å². The fraction of sp³-hybridized carbons (Fsp3) is 0.500. The highest BCUT2D eigenvalue weighted by Crippen LogP contribution is 2.33. The molecule has 15 heavy (non-hydrogen) atoms. The van der Waals surface area contributed by atoms with Gasteiger partial charge in [0, 0.05) is 0 Å². The lowest BCUT2D eigenvalue weighted by molar-refractivity contribution is 0.370. The lowest BCUT2D eigenvalue weighted by Gasteiger charge is -2.13. The van der Waals surface area contributed by atoms with Crippen molar-refractivity contribution in [2.75, 3.05) is 20.7 Å². The summed E-state index contributed by atoms with van der Waals surface area (Å²) in [5, 5.41) is 12.9. The van der Waals surface area contributed by atoms with Gasteiger partial charge in [0.15, 0.2) is 11.5 Å². The number of hydrogen-bond acceptors (Lipinski definition) is 3. The molecule has 0 aliphatic carbocycles. The Kier molecular flexibility index (Phi) is 3.97. The van der Waals surface area contributed by atoms with Crippen molar-refractivity contribution < 1.29 is 9.84 Å². The Morgan fingerprint density at radius 1 is 1.33 bits per heavy atom. The zero-order valence-electron chi connectivity index (χ0n) is 9.85. The molecule has 0 aromatic heterocycles. The summed E-state index contributed by atoms with van der Waals surface area (Å²) in [5.74, 6) is 0.812. The first kappa shape index (κ1) is 11.9. The van der Waals surface area contributed by atoms with Crippen LogP contribution in [0.2, 0.25) is 0 Å². The first-order valence-corrected chi connectivity index (χ1v) is 5.12. The van der Waals surface area contributed by atoms with Gasteiger partial charge in [0.25, 0.3) is 0 Å². The summed E-state index contributed by atoms with van der Waals surface area (Å²) in [6.45, 7) is 4.86. The van der Waals surface area contributed by atoms with Crippen molar-refractivity contribution in [3.63, 3.8) is 0 Å². The first-order chi connectivity index (χ1) is 7.11. The highest BCUT2D eigenvalue weighted by Gasteiger charge is 2.11. The summed E-state index contributed by atoms with van der Waals surface area (Å²) in [6, 6.07) is 1.91. The predicted molar refractivity (Wildman–Crippen MR) is 61.8 cm³/mol. The molecule has 1 aromatic rings. The van der Waals surface area contributed by atoms with Crippen molar-refractivity contribution in [3.8, 4) is 11.5 Å². The fourth-order valence-electron chi connectivity index (χ4n) is 1.61. The molecule has 0 heterocycles. The Morgan fingerprint density at radius 2 is 2.00 bits per heavy atom. The summed E-state index contributed by atoms with van der Waals surface area (Å²) >= 11 is 0. The van der Waals surface area contributed by atoms with Crippen molar-refractivity contribution in [1.29, 1.82) is 0 Å². The largest absolute Gasteiger partial charge is 0.504 e. The second-order valence-electron chi connectivity index (χ2n) is 3.69. The second-order valence-corrected chi connectivity index (χ2v) is 3.69. The molecular formula is C12H19NO2. The number of phenolic OH excluding ortho intramolecular Hbond substituents is 1. The fourth-order valence-corrected chi connectivity index (χ4v) is 1.61. The average Bonchev–Trinajstić information content (AvgIpc) is 2.25. The van der Waals surface area contributed by atoms with Gasteiger partial charge in [-0.2, -0.15) is 0 Å². The smallest absolute Gasteiger partial charge is 0.161 e. The van der Waals surface area contributed by atoms with Gasteiger partial charge in [0.2, 0.25) is 0 Å². The molecule has 0 atom stereocenters. The van der Waals surface area contributed by atoms with Crippen LogP contribution in [0.5, 0.6) is 11.5 Å². The molecule has 1 rings (SSSR count). The van der Waals surface area contributed by atoms with E-state index in [2.05, 4.69) is 5.32 Å². The van der Waals surface area contributed by atoms with Gasteiger partial charge in [-0.15, -0.1) is 0 Å². The maximum absolute atomic E-state index is 9.79. The molecule has 0 saturated heterocycles. The summed E-state index contributed by atoms with van der Waals surface area (Å²) in [6.07, 6.45) is 0.944. The van der Waals surface area contributed by atoms with Crippen LogP contribution in [0.25, 0.3) is 0 Å². The SMILES string of the molecule is CNCCc1cc(OC)c(O)c(C)c1C. The van der Waals surface area contributed by atoms with E-state index in [0.717, 1.165) is 24.1 Å². The van der Waals surface area contributed by atoms with Crippen LogP contribution in [-0.4, -0.2) is 25.8 Å². The highest BCUT2D eigenvalue weighted by atomic mass is 16.5. The third kappa shape index (κ3) is 2.42. The molecule has 84 valence electrons. The number of phenols is 1. The standard InChI is InChI=1S/C12H19NO2/c1-8-9(2)12(14)11(15-4)7-10(8)5-6-13-3/h7,13-14H,5-6H2,1-4H3. The Balaban J connectivity index is 3.11. The van der Waals surface area contributed by atoms with Gasteiger partial charge < -0.3 is 15.2 Å². The van der Waals surface area contributed by atoms with Crippen LogP contribution in [-0.2, 0) is 6.42 Å². The molecule has 2 N–H and O–H groups in total. The highest BCUT2D eigenvalue weighted by molar-refractivity contribution is 5.52. The first-order valence-electron chi connectivity index (χ1n) is 5.12. The number of hydrogen-bond donors (Lipinski definition) is 2. The van der Waals surface area contributed by atoms with Crippen molar-refractivity contribution >= 4 is 0 Å². The lowest BCUT2D eigenvalue weighted by Crippen LogP contribution is -2.11. The van der Waals surface area contributed by atoms with Crippen molar-refractivity contribution in [3.05, 3.63) is 22.8 Å². The Hall–Kier alpha value is -1.22. The Morgan fingerprint density at radius 3 is 2.53 bits per heavy atom. The number of aromatic hydroxyl groups is 1. The van der Waals surface area contributed by atoms with E-state index in [9.17, 15) is 5.11 Å². The van der Waals surface area contributed by atoms with Gasteiger partial charge >= 0.3 is 0 Å². The van der Waals surface area contributed by atoms with E-state index < -0.39 is 0 Å². The number of methoxy groups -OCH3 is 1. The van der Waals surface area contributed by atoms with Crippen LogP contribution >= 0.6 is 0 Å². The number of benzene rings is 1. The van der Waals surface area contributed by atoms with Gasteiger partial charge in [-0.1, -0.05) is 0 Å². The minimum absolute atomic E-state index is 0.253.